The molecule has 0 radical (unpaired) electrons. The van der Waals surface area contributed by atoms with Crippen molar-refractivity contribution < 1.29 is 9.53 Å². The van der Waals surface area contributed by atoms with Gasteiger partial charge < -0.3 is 19.9 Å². The van der Waals surface area contributed by atoms with Crippen LogP contribution in [0.1, 0.15) is 49.7 Å². The Bertz CT molecular complexity index is 1120. The SMILES string of the molecule is Cc1ccc(N2C(c3nc4ccccc4[nH]3)CC(C(=O)NC3CCOC3)C(C)C2C)cc1C. The summed E-state index contributed by atoms with van der Waals surface area (Å²) in [5.74, 6) is 1.19. The summed E-state index contributed by atoms with van der Waals surface area (Å²) in [7, 11) is 0. The van der Waals surface area contributed by atoms with E-state index < -0.39 is 0 Å². The first-order chi connectivity index (χ1) is 15.9. The van der Waals surface area contributed by atoms with Gasteiger partial charge in [0.1, 0.15) is 5.82 Å². The minimum absolute atomic E-state index is 0.0127. The van der Waals surface area contributed by atoms with Crippen molar-refractivity contribution in [2.75, 3.05) is 18.1 Å². The topological polar surface area (TPSA) is 70.2 Å². The van der Waals surface area contributed by atoms with Crippen molar-refractivity contribution in [2.24, 2.45) is 11.8 Å². The van der Waals surface area contributed by atoms with Crippen molar-refractivity contribution >= 4 is 22.6 Å². The molecule has 2 N–H and O–H groups in total. The minimum atomic E-state index is -0.0818. The van der Waals surface area contributed by atoms with Crippen LogP contribution in [0.15, 0.2) is 42.5 Å². The van der Waals surface area contributed by atoms with E-state index in [1.165, 1.54) is 16.8 Å². The molecule has 2 fully saturated rings. The van der Waals surface area contributed by atoms with E-state index in [9.17, 15) is 4.79 Å². The highest BCUT2D eigenvalue weighted by atomic mass is 16.5. The van der Waals surface area contributed by atoms with Gasteiger partial charge in [0.2, 0.25) is 5.91 Å². The minimum Gasteiger partial charge on any atom is -0.379 e. The number of nitrogens with zero attached hydrogens (tertiary/aromatic N) is 2. The average molecular weight is 447 g/mol. The van der Waals surface area contributed by atoms with Gasteiger partial charge in [0.25, 0.3) is 0 Å². The molecule has 6 nitrogen and oxygen atoms in total. The predicted octanol–water partition coefficient (Wildman–Crippen LogP) is 4.68. The first-order valence-electron chi connectivity index (χ1n) is 12.1. The number of H-pyrrole nitrogens is 1. The molecule has 2 aliphatic heterocycles. The van der Waals surface area contributed by atoms with E-state index in [0.29, 0.717) is 6.61 Å². The lowest BCUT2D eigenvalue weighted by Crippen LogP contribution is -2.53. The number of piperidine rings is 1. The molecule has 5 atom stereocenters. The second-order valence-corrected chi connectivity index (χ2v) is 9.84. The first kappa shape index (κ1) is 22.0. The Labute approximate surface area is 195 Å². The van der Waals surface area contributed by atoms with E-state index in [1.54, 1.807) is 0 Å². The van der Waals surface area contributed by atoms with E-state index >= 15 is 0 Å². The van der Waals surface area contributed by atoms with Gasteiger partial charge in [0, 0.05) is 24.3 Å². The van der Waals surface area contributed by atoms with Gasteiger partial charge >= 0.3 is 0 Å². The third-order valence-electron chi connectivity index (χ3n) is 7.77. The van der Waals surface area contributed by atoms with Gasteiger partial charge in [-0.2, -0.15) is 0 Å². The molecule has 3 heterocycles. The number of rotatable bonds is 4. The van der Waals surface area contributed by atoms with Crippen molar-refractivity contribution in [1.82, 2.24) is 15.3 Å². The Morgan fingerprint density at radius 1 is 1.15 bits per heavy atom. The predicted molar refractivity (Wildman–Crippen MR) is 131 cm³/mol. The standard InChI is InChI=1S/C27H34N4O2/c1-16-9-10-21(13-17(16)2)31-19(4)18(3)22(27(32)28-20-11-12-33-15-20)14-25(31)26-29-23-7-5-6-8-24(23)30-26/h5-10,13,18-20,22,25H,11-12,14-15H2,1-4H3,(H,28,32)(H,29,30). The third-order valence-corrected chi connectivity index (χ3v) is 7.77. The molecule has 0 saturated carbocycles. The van der Waals surface area contributed by atoms with E-state index in [0.717, 1.165) is 36.3 Å². The van der Waals surface area contributed by atoms with Gasteiger partial charge in [0.05, 0.1) is 29.7 Å². The zero-order valence-electron chi connectivity index (χ0n) is 20.0. The summed E-state index contributed by atoms with van der Waals surface area (Å²) < 4.78 is 5.48. The molecule has 0 aliphatic carbocycles. The number of nitrogens with one attached hydrogen (secondary N) is 2. The van der Waals surface area contributed by atoms with Crippen molar-refractivity contribution in [2.45, 2.75) is 58.7 Å². The van der Waals surface area contributed by atoms with Crippen LogP contribution in [0.4, 0.5) is 5.69 Å². The summed E-state index contributed by atoms with van der Waals surface area (Å²) in [4.78, 5) is 24.4. The lowest BCUT2D eigenvalue weighted by atomic mass is 9.76. The van der Waals surface area contributed by atoms with E-state index in [4.69, 9.17) is 9.72 Å². The molecular formula is C27H34N4O2. The monoisotopic (exact) mass is 446 g/mol. The third kappa shape index (κ3) is 4.12. The van der Waals surface area contributed by atoms with Crippen LogP contribution in [0, 0.1) is 25.7 Å². The van der Waals surface area contributed by atoms with Crippen molar-refractivity contribution in [3.63, 3.8) is 0 Å². The second kappa shape index (κ2) is 8.82. The van der Waals surface area contributed by atoms with Gasteiger partial charge in [-0.05, 0) is 74.9 Å². The molecule has 0 spiro atoms. The quantitative estimate of drug-likeness (QED) is 0.611. The fourth-order valence-corrected chi connectivity index (χ4v) is 5.42. The lowest BCUT2D eigenvalue weighted by molar-refractivity contribution is -0.128. The number of hydrogen-bond acceptors (Lipinski definition) is 4. The Kier molecular flexibility index (Phi) is 5.87. The molecule has 3 aromatic rings. The number of aromatic amines is 1. The molecule has 1 aromatic heterocycles. The van der Waals surface area contributed by atoms with Gasteiger partial charge in [-0.3, -0.25) is 4.79 Å². The molecule has 0 bridgehead atoms. The van der Waals surface area contributed by atoms with Crippen LogP contribution in [0.2, 0.25) is 0 Å². The lowest BCUT2D eigenvalue weighted by Gasteiger charge is -2.48. The number of hydrogen-bond donors (Lipinski definition) is 2. The second-order valence-electron chi connectivity index (χ2n) is 9.84. The number of aromatic nitrogens is 2. The summed E-state index contributed by atoms with van der Waals surface area (Å²) in [5, 5.41) is 3.26. The molecule has 2 saturated heterocycles. The highest BCUT2D eigenvalue weighted by Crippen LogP contribution is 2.43. The van der Waals surface area contributed by atoms with Crippen LogP contribution in [0.5, 0.6) is 0 Å². The fraction of sp³-hybridized carbons (Fsp3) is 0.481. The van der Waals surface area contributed by atoms with Crippen molar-refractivity contribution in [3.8, 4) is 0 Å². The maximum absolute atomic E-state index is 13.4. The fourth-order valence-electron chi connectivity index (χ4n) is 5.42. The number of imidazole rings is 1. The van der Waals surface area contributed by atoms with Crippen LogP contribution in [-0.4, -0.2) is 41.2 Å². The number of ether oxygens (including phenoxy) is 1. The van der Waals surface area contributed by atoms with Crippen LogP contribution < -0.4 is 10.2 Å². The summed E-state index contributed by atoms with van der Waals surface area (Å²) in [6.07, 6.45) is 1.61. The number of amides is 1. The van der Waals surface area contributed by atoms with Crippen LogP contribution in [0.25, 0.3) is 11.0 Å². The molecule has 6 heteroatoms. The first-order valence-corrected chi connectivity index (χ1v) is 12.1. The molecule has 5 unspecified atom stereocenters. The van der Waals surface area contributed by atoms with E-state index in [-0.39, 0.29) is 35.9 Å². The maximum Gasteiger partial charge on any atom is 0.223 e. The number of aryl methyl sites for hydroxylation is 2. The van der Waals surface area contributed by atoms with Gasteiger partial charge in [-0.15, -0.1) is 0 Å². The summed E-state index contributed by atoms with van der Waals surface area (Å²) >= 11 is 0. The number of carbonyl (C=O) groups is 1. The summed E-state index contributed by atoms with van der Waals surface area (Å²) in [6, 6.07) is 15.1. The van der Waals surface area contributed by atoms with Gasteiger partial charge in [-0.1, -0.05) is 25.1 Å². The Hall–Kier alpha value is -2.86. The van der Waals surface area contributed by atoms with Crippen LogP contribution in [-0.2, 0) is 9.53 Å². The van der Waals surface area contributed by atoms with Gasteiger partial charge in [0.15, 0.2) is 0 Å². The molecule has 1 amide bonds. The zero-order valence-corrected chi connectivity index (χ0v) is 20.0. The zero-order chi connectivity index (χ0) is 23.1. The number of fused-ring (bicyclic) bond motifs is 1. The highest BCUT2D eigenvalue weighted by Gasteiger charge is 2.44. The molecule has 174 valence electrons. The molecular weight excluding hydrogens is 412 g/mol. The normalized spacial score (nSPS) is 27.8. The van der Waals surface area contributed by atoms with E-state index in [1.807, 2.05) is 18.2 Å². The largest absolute Gasteiger partial charge is 0.379 e. The van der Waals surface area contributed by atoms with Crippen molar-refractivity contribution in [1.29, 1.82) is 0 Å². The number of anilines is 1. The highest BCUT2D eigenvalue weighted by molar-refractivity contribution is 5.80. The average Bonchev–Trinajstić information content (AvgIpc) is 3.47. The molecule has 33 heavy (non-hydrogen) atoms. The Morgan fingerprint density at radius 2 is 1.97 bits per heavy atom. The Balaban J connectivity index is 1.52. The smallest absolute Gasteiger partial charge is 0.223 e. The van der Waals surface area contributed by atoms with Gasteiger partial charge in [-0.25, -0.2) is 4.98 Å². The number of carbonyl (C=O) groups excluding carboxylic acids is 1. The molecule has 2 aliphatic rings. The van der Waals surface area contributed by atoms with Crippen LogP contribution >= 0.6 is 0 Å². The summed E-state index contributed by atoms with van der Waals surface area (Å²) in [5.41, 5.74) is 5.74. The summed E-state index contributed by atoms with van der Waals surface area (Å²) in [6.45, 7) is 10.1. The maximum atomic E-state index is 13.4. The van der Waals surface area contributed by atoms with E-state index in [2.05, 4.69) is 67.2 Å². The number of para-hydroxylation sites is 2. The Morgan fingerprint density at radius 3 is 2.70 bits per heavy atom. The van der Waals surface area contributed by atoms with Crippen LogP contribution in [0.3, 0.4) is 0 Å². The van der Waals surface area contributed by atoms with Crippen molar-refractivity contribution in [3.05, 3.63) is 59.4 Å². The number of benzene rings is 2. The molecule has 2 aromatic carbocycles. The molecule has 5 rings (SSSR count).